The van der Waals surface area contributed by atoms with Crippen LogP contribution in [0.2, 0.25) is 0 Å². The van der Waals surface area contributed by atoms with Gasteiger partial charge in [0, 0.05) is 18.7 Å². The third kappa shape index (κ3) is 4.46. The van der Waals surface area contributed by atoms with Gasteiger partial charge in [0.2, 0.25) is 5.88 Å². The first-order valence-corrected chi connectivity index (χ1v) is 7.38. The number of nitrogens with one attached hydrogen (secondary N) is 1. The zero-order chi connectivity index (χ0) is 13.7. The Balaban J connectivity index is 1.87. The molecule has 1 fully saturated rings. The molecule has 4 heteroatoms. The summed E-state index contributed by atoms with van der Waals surface area (Å²) in [5.74, 6) is 1.28. The molecular formula is C15H25N3O. The lowest BCUT2D eigenvalue weighted by Crippen LogP contribution is -2.28. The first-order chi connectivity index (χ1) is 9.15. The number of hydrogen-bond acceptors (Lipinski definition) is 4. The molecule has 19 heavy (non-hydrogen) atoms. The molecule has 1 aromatic rings. The Kier molecular flexibility index (Phi) is 5.14. The topological polar surface area (TPSA) is 47.0 Å². The van der Waals surface area contributed by atoms with Gasteiger partial charge in [-0.05, 0) is 31.2 Å². The predicted molar refractivity (Wildman–Crippen MR) is 76.1 cm³/mol. The van der Waals surface area contributed by atoms with E-state index in [1.54, 1.807) is 0 Å². The third-order valence-electron chi connectivity index (χ3n) is 3.69. The molecule has 4 nitrogen and oxygen atoms in total. The van der Waals surface area contributed by atoms with Crippen molar-refractivity contribution in [3.05, 3.63) is 17.8 Å². The molecule has 1 saturated carbocycles. The Bertz CT molecular complexity index is 377. The lowest BCUT2D eigenvalue weighted by molar-refractivity contribution is 0.0963. The van der Waals surface area contributed by atoms with Crippen LogP contribution < -0.4 is 10.1 Å². The van der Waals surface area contributed by atoms with Gasteiger partial charge in [-0.3, -0.25) is 0 Å². The van der Waals surface area contributed by atoms with Crippen LogP contribution >= 0.6 is 0 Å². The van der Waals surface area contributed by atoms with Gasteiger partial charge in [-0.25, -0.2) is 0 Å². The van der Waals surface area contributed by atoms with Crippen molar-refractivity contribution in [3.63, 3.8) is 0 Å². The lowest BCUT2D eigenvalue weighted by atomic mass is 9.88. The molecule has 2 rings (SSSR count). The number of rotatable bonds is 5. The molecule has 106 valence electrons. The van der Waals surface area contributed by atoms with Crippen LogP contribution in [0.3, 0.4) is 0 Å². The third-order valence-corrected chi connectivity index (χ3v) is 3.69. The summed E-state index contributed by atoms with van der Waals surface area (Å²) in [6.07, 6.45) is 5.29. The number of ether oxygens (including phenoxy) is 1. The highest BCUT2D eigenvalue weighted by Gasteiger charge is 2.23. The van der Waals surface area contributed by atoms with Crippen molar-refractivity contribution < 1.29 is 4.74 Å². The van der Waals surface area contributed by atoms with Gasteiger partial charge in [0.25, 0.3) is 0 Å². The van der Waals surface area contributed by atoms with E-state index in [1.165, 1.54) is 19.3 Å². The second-order valence-electron chi connectivity index (χ2n) is 5.82. The zero-order valence-corrected chi connectivity index (χ0v) is 12.2. The number of hydrogen-bond donors (Lipinski definition) is 1. The monoisotopic (exact) mass is 263 g/mol. The van der Waals surface area contributed by atoms with Crippen LogP contribution in [0.25, 0.3) is 0 Å². The van der Waals surface area contributed by atoms with Crippen molar-refractivity contribution in [1.82, 2.24) is 15.5 Å². The highest BCUT2D eigenvalue weighted by Crippen LogP contribution is 2.27. The lowest BCUT2D eigenvalue weighted by Gasteiger charge is -2.28. The minimum atomic E-state index is 0.308. The largest absolute Gasteiger partial charge is 0.473 e. The van der Waals surface area contributed by atoms with Crippen molar-refractivity contribution in [3.8, 4) is 5.88 Å². The molecule has 2 atom stereocenters. The first-order valence-electron chi connectivity index (χ1n) is 7.38. The first kappa shape index (κ1) is 14.3. The summed E-state index contributed by atoms with van der Waals surface area (Å²) >= 11 is 0. The summed E-state index contributed by atoms with van der Waals surface area (Å²) in [6.45, 7) is 7.26. The molecule has 0 saturated heterocycles. The molecule has 0 bridgehead atoms. The maximum Gasteiger partial charge on any atom is 0.233 e. The van der Waals surface area contributed by atoms with Crippen molar-refractivity contribution in [2.75, 3.05) is 0 Å². The zero-order valence-electron chi connectivity index (χ0n) is 12.2. The molecule has 2 unspecified atom stereocenters. The van der Waals surface area contributed by atoms with Crippen LogP contribution in [-0.4, -0.2) is 22.3 Å². The summed E-state index contributed by atoms with van der Waals surface area (Å²) in [4.78, 5) is 0. The van der Waals surface area contributed by atoms with Crippen LogP contribution in [0.15, 0.2) is 12.1 Å². The standard InChI is InChI=1S/C15H25N3O/c1-11(2)16-10-13-8-9-15(18-17-13)19-14-7-5-4-6-12(14)3/h8-9,11-12,14,16H,4-7,10H2,1-3H3. The molecular weight excluding hydrogens is 238 g/mol. The SMILES string of the molecule is CC(C)NCc1ccc(OC2CCCCC2C)nn1. The molecule has 0 radical (unpaired) electrons. The molecule has 0 aromatic carbocycles. The maximum atomic E-state index is 5.95. The highest BCUT2D eigenvalue weighted by molar-refractivity contribution is 5.12. The smallest absolute Gasteiger partial charge is 0.233 e. The van der Waals surface area contributed by atoms with Crippen LogP contribution in [-0.2, 0) is 6.54 Å². The van der Waals surface area contributed by atoms with Gasteiger partial charge in [0.05, 0.1) is 5.69 Å². The van der Waals surface area contributed by atoms with Gasteiger partial charge >= 0.3 is 0 Å². The van der Waals surface area contributed by atoms with Crippen LogP contribution in [0, 0.1) is 5.92 Å². The van der Waals surface area contributed by atoms with E-state index in [0.717, 1.165) is 18.7 Å². The average molecular weight is 263 g/mol. The van der Waals surface area contributed by atoms with Crippen molar-refractivity contribution in [1.29, 1.82) is 0 Å². The summed E-state index contributed by atoms with van der Waals surface area (Å²) in [5, 5.41) is 11.7. The summed E-state index contributed by atoms with van der Waals surface area (Å²) in [6, 6.07) is 4.39. The van der Waals surface area contributed by atoms with Gasteiger partial charge in [0.15, 0.2) is 0 Å². The Labute approximate surface area is 116 Å². The van der Waals surface area contributed by atoms with Gasteiger partial charge < -0.3 is 10.1 Å². The molecule has 1 N–H and O–H groups in total. The summed E-state index contributed by atoms with van der Waals surface area (Å²) in [5.41, 5.74) is 0.956. The molecule has 1 heterocycles. The molecule has 0 aliphatic heterocycles. The quantitative estimate of drug-likeness (QED) is 0.887. The highest BCUT2D eigenvalue weighted by atomic mass is 16.5. The van der Waals surface area contributed by atoms with Crippen molar-refractivity contribution in [2.45, 2.75) is 65.1 Å². The second-order valence-corrected chi connectivity index (χ2v) is 5.82. The molecule has 1 aliphatic rings. The van der Waals surface area contributed by atoms with Gasteiger partial charge in [-0.15, -0.1) is 5.10 Å². The van der Waals surface area contributed by atoms with Crippen molar-refractivity contribution >= 4 is 0 Å². The van der Waals surface area contributed by atoms with Crippen LogP contribution in [0.1, 0.15) is 52.1 Å². The Morgan fingerprint density at radius 1 is 1.26 bits per heavy atom. The normalized spacial score (nSPS) is 23.6. The minimum Gasteiger partial charge on any atom is -0.473 e. The van der Waals surface area contributed by atoms with E-state index in [-0.39, 0.29) is 0 Å². The second kappa shape index (κ2) is 6.85. The van der Waals surface area contributed by atoms with Crippen LogP contribution in [0.5, 0.6) is 5.88 Å². The van der Waals surface area contributed by atoms with Gasteiger partial charge in [0.1, 0.15) is 6.10 Å². The van der Waals surface area contributed by atoms with E-state index >= 15 is 0 Å². The van der Waals surface area contributed by atoms with E-state index < -0.39 is 0 Å². The van der Waals surface area contributed by atoms with E-state index in [4.69, 9.17) is 4.74 Å². The van der Waals surface area contributed by atoms with Gasteiger partial charge in [-0.2, -0.15) is 5.10 Å². The molecule has 1 aliphatic carbocycles. The minimum absolute atomic E-state index is 0.308. The Hall–Kier alpha value is -1.16. The fourth-order valence-corrected chi connectivity index (χ4v) is 2.43. The molecule has 0 amide bonds. The van der Waals surface area contributed by atoms with Crippen molar-refractivity contribution in [2.24, 2.45) is 5.92 Å². The van der Waals surface area contributed by atoms with Crippen LogP contribution in [0.4, 0.5) is 0 Å². The fourth-order valence-electron chi connectivity index (χ4n) is 2.43. The van der Waals surface area contributed by atoms with E-state index in [0.29, 0.717) is 23.9 Å². The molecule has 1 aromatic heterocycles. The number of nitrogens with zero attached hydrogens (tertiary/aromatic N) is 2. The predicted octanol–water partition coefficient (Wildman–Crippen LogP) is 2.93. The fraction of sp³-hybridized carbons (Fsp3) is 0.733. The number of aromatic nitrogens is 2. The maximum absolute atomic E-state index is 5.95. The Morgan fingerprint density at radius 2 is 2.05 bits per heavy atom. The van der Waals surface area contributed by atoms with E-state index in [1.807, 2.05) is 12.1 Å². The van der Waals surface area contributed by atoms with E-state index in [2.05, 4.69) is 36.3 Å². The summed E-state index contributed by atoms with van der Waals surface area (Å²) < 4.78 is 5.95. The Morgan fingerprint density at radius 3 is 2.68 bits per heavy atom. The van der Waals surface area contributed by atoms with Gasteiger partial charge in [-0.1, -0.05) is 27.2 Å². The van der Waals surface area contributed by atoms with E-state index in [9.17, 15) is 0 Å². The summed E-state index contributed by atoms with van der Waals surface area (Å²) in [7, 11) is 0. The average Bonchev–Trinajstić information content (AvgIpc) is 2.40. The molecule has 0 spiro atoms.